The van der Waals surface area contributed by atoms with Gasteiger partial charge in [-0.05, 0) is 55.7 Å². The van der Waals surface area contributed by atoms with Gasteiger partial charge in [-0.3, -0.25) is 4.79 Å². The Hall–Kier alpha value is -2.18. The summed E-state index contributed by atoms with van der Waals surface area (Å²) in [6, 6.07) is 12.0. The number of carbonyl (C=O) groups excluding carboxylic acids is 1. The maximum absolute atomic E-state index is 13.4. The molecule has 0 bridgehead atoms. The van der Waals surface area contributed by atoms with Crippen molar-refractivity contribution >= 4 is 32.8 Å². The van der Waals surface area contributed by atoms with E-state index in [2.05, 4.69) is 15.9 Å². The largest absolute Gasteiger partial charge is 0.451 e. The number of furan rings is 1. The number of aryl methyl sites for hydroxylation is 1. The molecular weight excluding hydrogens is 425 g/mol. The number of ether oxygens (including phenoxy) is 1. The lowest BCUT2D eigenvalue weighted by Gasteiger charge is -2.25. The topological polar surface area (TPSA) is 42.7 Å². The average Bonchev–Trinajstić information content (AvgIpc) is 3.30. The van der Waals surface area contributed by atoms with Gasteiger partial charge in [-0.15, -0.1) is 0 Å². The molecule has 1 fully saturated rings. The summed E-state index contributed by atoms with van der Waals surface area (Å²) < 4.78 is 25.8. The second-order valence-corrected chi connectivity index (χ2v) is 8.06. The lowest BCUT2D eigenvalue weighted by atomic mass is 10.1. The van der Waals surface area contributed by atoms with Crippen LogP contribution in [0.4, 0.5) is 4.39 Å². The third-order valence-corrected chi connectivity index (χ3v) is 5.61. The Bertz CT molecular complexity index is 993. The molecule has 0 saturated carbocycles. The molecule has 146 valence electrons. The summed E-state index contributed by atoms with van der Waals surface area (Å²) in [6.45, 7) is 3.48. The highest BCUT2D eigenvalue weighted by Gasteiger charge is 2.27. The Kier molecular flexibility index (Phi) is 5.51. The number of halogens is 2. The number of fused-ring (bicyclic) bond motifs is 1. The van der Waals surface area contributed by atoms with Crippen LogP contribution in [0.1, 0.15) is 34.5 Å². The van der Waals surface area contributed by atoms with Gasteiger partial charge >= 0.3 is 0 Å². The second-order valence-electron chi connectivity index (χ2n) is 7.14. The summed E-state index contributed by atoms with van der Waals surface area (Å²) in [7, 11) is 0. The van der Waals surface area contributed by atoms with Crippen molar-refractivity contribution in [3.63, 3.8) is 0 Å². The smallest absolute Gasteiger partial charge is 0.290 e. The van der Waals surface area contributed by atoms with Crippen molar-refractivity contribution < 1.29 is 18.3 Å². The number of carbonyl (C=O) groups is 1. The van der Waals surface area contributed by atoms with Crippen LogP contribution >= 0.6 is 15.9 Å². The van der Waals surface area contributed by atoms with Gasteiger partial charge in [0.25, 0.3) is 5.91 Å². The van der Waals surface area contributed by atoms with Crippen LogP contribution in [0.5, 0.6) is 0 Å². The zero-order valence-corrected chi connectivity index (χ0v) is 17.2. The first kappa shape index (κ1) is 19.2. The fraction of sp³-hybridized carbons (Fsp3) is 0.318. The van der Waals surface area contributed by atoms with E-state index in [0.717, 1.165) is 40.4 Å². The first-order chi connectivity index (χ1) is 13.5. The number of benzene rings is 2. The zero-order chi connectivity index (χ0) is 19.7. The summed E-state index contributed by atoms with van der Waals surface area (Å²) in [5, 5.41) is 0.922. The molecule has 1 atom stereocenters. The molecule has 0 radical (unpaired) electrons. The quantitative estimate of drug-likeness (QED) is 0.523. The molecule has 2 heterocycles. The maximum atomic E-state index is 13.4. The number of amides is 1. The van der Waals surface area contributed by atoms with E-state index in [1.807, 2.05) is 25.1 Å². The third kappa shape index (κ3) is 3.98. The van der Waals surface area contributed by atoms with E-state index in [0.29, 0.717) is 24.4 Å². The van der Waals surface area contributed by atoms with E-state index in [4.69, 9.17) is 9.15 Å². The standard InChI is InChI=1S/C22H21BrFNO3/c1-14-19-9-6-16(23)11-20(19)28-21(14)22(26)25(13-18-3-2-10-27-18)12-15-4-7-17(24)8-5-15/h4-9,11,18H,2-3,10,12-13H2,1H3. The van der Waals surface area contributed by atoms with Crippen LogP contribution in [0.3, 0.4) is 0 Å². The molecule has 0 spiro atoms. The first-order valence-corrected chi connectivity index (χ1v) is 10.1. The highest BCUT2D eigenvalue weighted by atomic mass is 79.9. The fourth-order valence-electron chi connectivity index (χ4n) is 3.61. The molecule has 3 aromatic rings. The van der Waals surface area contributed by atoms with Gasteiger partial charge in [0.2, 0.25) is 0 Å². The van der Waals surface area contributed by atoms with Crippen molar-refractivity contribution in [3.05, 3.63) is 69.6 Å². The number of hydrogen-bond acceptors (Lipinski definition) is 3. The minimum absolute atomic E-state index is 0.0169. The highest BCUT2D eigenvalue weighted by Crippen LogP contribution is 2.29. The Labute approximate surface area is 171 Å². The molecule has 1 saturated heterocycles. The van der Waals surface area contributed by atoms with Gasteiger partial charge in [0.1, 0.15) is 11.4 Å². The molecule has 1 unspecified atom stereocenters. The van der Waals surface area contributed by atoms with Crippen LogP contribution < -0.4 is 0 Å². The SMILES string of the molecule is Cc1c(C(=O)N(Cc2ccc(F)cc2)CC2CCCO2)oc2cc(Br)ccc12. The molecule has 1 amide bonds. The molecule has 4 rings (SSSR count). The lowest BCUT2D eigenvalue weighted by Crippen LogP contribution is -2.37. The minimum atomic E-state index is -0.292. The predicted molar refractivity (Wildman–Crippen MR) is 109 cm³/mol. The summed E-state index contributed by atoms with van der Waals surface area (Å²) in [4.78, 5) is 15.1. The monoisotopic (exact) mass is 445 g/mol. The van der Waals surface area contributed by atoms with E-state index in [9.17, 15) is 9.18 Å². The Morgan fingerprint density at radius 1 is 1.25 bits per heavy atom. The van der Waals surface area contributed by atoms with E-state index in [-0.39, 0.29) is 17.8 Å². The van der Waals surface area contributed by atoms with Gasteiger partial charge in [0.05, 0.1) is 6.10 Å². The average molecular weight is 446 g/mol. The molecular formula is C22H21BrFNO3. The molecule has 0 N–H and O–H groups in total. The van der Waals surface area contributed by atoms with Crippen molar-refractivity contribution in [3.8, 4) is 0 Å². The van der Waals surface area contributed by atoms with Crippen LogP contribution in [0.25, 0.3) is 11.0 Å². The van der Waals surface area contributed by atoms with E-state index < -0.39 is 0 Å². The summed E-state index contributed by atoms with van der Waals surface area (Å²) in [5.41, 5.74) is 2.36. The van der Waals surface area contributed by atoms with Crippen molar-refractivity contribution in [2.45, 2.75) is 32.4 Å². The van der Waals surface area contributed by atoms with Gasteiger partial charge in [0.15, 0.2) is 5.76 Å². The minimum Gasteiger partial charge on any atom is -0.451 e. The normalized spacial score (nSPS) is 16.6. The van der Waals surface area contributed by atoms with Crippen molar-refractivity contribution in [2.24, 2.45) is 0 Å². The second kappa shape index (κ2) is 8.05. The number of nitrogens with zero attached hydrogens (tertiary/aromatic N) is 1. The fourth-order valence-corrected chi connectivity index (χ4v) is 3.95. The van der Waals surface area contributed by atoms with E-state index in [1.54, 1.807) is 17.0 Å². The molecule has 4 nitrogen and oxygen atoms in total. The Balaban J connectivity index is 1.65. The maximum Gasteiger partial charge on any atom is 0.290 e. The summed E-state index contributed by atoms with van der Waals surface area (Å²) >= 11 is 3.44. The van der Waals surface area contributed by atoms with E-state index in [1.165, 1.54) is 12.1 Å². The van der Waals surface area contributed by atoms with Crippen molar-refractivity contribution in [1.82, 2.24) is 4.90 Å². The van der Waals surface area contributed by atoms with Gasteiger partial charge in [0, 0.05) is 35.1 Å². The van der Waals surface area contributed by atoms with Gasteiger partial charge in [-0.1, -0.05) is 28.1 Å². The van der Waals surface area contributed by atoms with Crippen LogP contribution in [-0.2, 0) is 11.3 Å². The van der Waals surface area contributed by atoms with Crippen LogP contribution in [-0.4, -0.2) is 30.1 Å². The summed E-state index contributed by atoms with van der Waals surface area (Å²) in [5.74, 6) is -0.127. The predicted octanol–water partition coefficient (Wildman–Crippen LogP) is 5.46. The van der Waals surface area contributed by atoms with Crippen LogP contribution in [0, 0.1) is 12.7 Å². The van der Waals surface area contributed by atoms with Crippen LogP contribution in [0.2, 0.25) is 0 Å². The number of rotatable bonds is 5. The van der Waals surface area contributed by atoms with Gasteiger partial charge < -0.3 is 14.1 Å². The lowest BCUT2D eigenvalue weighted by molar-refractivity contribution is 0.0485. The molecule has 28 heavy (non-hydrogen) atoms. The zero-order valence-electron chi connectivity index (χ0n) is 15.6. The Morgan fingerprint density at radius 3 is 2.75 bits per heavy atom. The molecule has 6 heteroatoms. The molecule has 1 aromatic heterocycles. The van der Waals surface area contributed by atoms with Gasteiger partial charge in [-0.25, -0.2) is 4.39 Å². The third-order valence-electron chi connectivity index (χ3n) is 5.12. The van der Waals surface area contributed by atoms with E-state index >= 15 is 0 Å². The Morgan fingerprint density at radius 2 is 2.04 bits per heavy atom. The molecule has 0 aliphatic carbocycles. The molecule has 2 aromatic carbocycles. The van der Waals surface area contributed by atoms with Crippen molar-refractivity contribution in [1.29, 1.82) is 0 Å². The summed E-state index contributed by atoms with van der Waals surface area (Å²) in [6.07, 6.45) is 1.95. The molecule has 1 aliphatic heterocycles. The first-order valence-electron chi connectivity index (χ1n) is 9.35. The number of hydrogen-bond donors (Lipinski definition) is 0. The van der Waals surface area contributed by atoms with Gasteiger partial charge in [-0.2, -0.15) is 0 Å². The van der Waals surface area contributed by atoms with Crippen LogP contribution in [0.15, 0.2) is 51.4 Å². The van der Waals surface area contributed by atoms with Crippen molar-refractivity contribution in [2.75, 3.05) is 13.2 Å². The highest BCUT2D eigenvalue weighted by molar-refractivity contribution is 9.10. The molecule has 1 aliphatic rings.